The zero-order valence-corrected chi connectivity index (χ0v) is 10.3. The number of rotatable bonds is 6. The standard InChI is InChI=1S/C11H13NO5S/c1-2-18(15,16)17-9-5-3-8(4-6-9)7-10(12)11(13)14/h2-6,10H,1,7,12H2,(H,13,14)/t10-/m0/s1. The van der Waals surface area contributed by atoms with Crippen molar-refractivity contribution in [2.24, 2.45) is 5.73 Å². The largest absolute Gasteiger partial charge is 0.480 e. The number of hydrogen-bond donors (Lipinski definition) is 2. The third-order valence-corrected chi connectivity index (χ3v) is 2.95. The maximum absolute atomic E-state index is 11.1. The molecule has 0 aliphatic carbocycles. The molecule has 0 aromatic heterocycles. The Bertz CT molecular complexity index is 535. The quantitative estimate of drug-likeness (QED) is 0.729. The number of hydrogen-bond acceptors (Lipinski definition) is 5. The van der Waals surface area contributed by atoms with E-state index >= 15 is 0 Å². The maximum atomic E-state index is 11.1. The van der Waals surface area contributed by atoms with Crippen LogP contribution in [-0.4, -0.2) is 25.5 Å². The van der Waals surface area contributed by atoms with Crippen molar-refractivity contribution >= 4 is 16.1 Å². The Hall–Kier alpha value is -1.86. The highest BCUT2D eigenvalue weighted by Crippen LogP contribution is 2.15. The fourth-order valence-electron chi connectivity index (χ4n) is 1.19. The van der Waals surface area contributed by atoms with Crippen LogP contribution in [0, 0.1) is 0 Å². The van der Waals surface area contributed by atoms with E-state index in [0.717, 1.165) is 0 Å². The van der Waals surface area contributed by atoms with Gasteiger partial charge in [-0.3, -0.25) is 4.79 Å². The molecule has 0 unspecified atom stereocenters. The van der Waals surface area contributed by atoms with Gasteiger partial charge in [0.1, 0.15) is 11.8 Å². The minimum absolute atomic E-state index is 0.127. The molecule has 0 saturated carbocycles. The van der Waals surface area contributed by atoms with Gasteiger partial charge in [-0.1, -0.05) is 18.7 Å². The maximum Gasteiger partial charge on any atom is 0.331 e. The van der Waals surface area contributed by atoms with Crippen LogP contribution >= 0.6 is 0 Å². The summed E-state index contributed by atoms with van der Waals surface area (Å²) < 4.78 is 26.8. The molecule has 1 rings (SSSR count). The number of carbonyl (C=O) groups is 1. The van der Waals surface area contributed by atoms with Gasteiger partial charge >= 0.3 is 16.1 Å². The topological polar surface area (TPSA) is 107 Å². The van der Waals surface area contributed by atoms with Crippen molar-refractivity contribution in [2.75, 3.05) is 0 Å². The van der Waals surface area contributed by atoms with Crippen molar-refractivity contribution in [1.29, 1.82) is 0 Å². The first kappa shape index (κ1) is 14.2. The van der Waals surface area contributed by atoms with E-state index in [1.54, 1.807) is 12.1 Å². The highest BCUT2D eigenvalue weighted by molar-refractivity contribution is 7.90. The lowest BCUT2D eigenvalue weighted by atomic mass is 10.1. The Kier molecular flexibility index (Phi) is 4.46. The van der Waals surface area contributed by atoms with E-state index < -0.39 is 22.1 Å². The molecular weight excluding hydrogens is 258 g/mol. The first-order valence-corrected chi connectivity index (χ1v) is 6.45. The molecule has 18 heavy (non-hydrogen) atoms. The van der Waals surface area contributed by atoms with E-state index in [4.69, 9.17) is 10.8 Å². The van der Waals surface area contributed by atoms with E-state index in [-0.39, 0.29) is 12.2 Å². The fourth-order valence-corrected chi connectivity index (χ4v) is 1.64. The average Bonchev–Trinajstić information content (AvgIpc) is 2.31. The summed E-state index contributed by atoms with van der Waals surface area (Å²) in [6.07, 6.45) is 0.157. The van der Waals surface area contributed by atoms with Gasteiger partial charge in [0.25, 0.3) is 0 Å². The molecule has 0 spiro atoms. The summed E-state index contributed by atoms with van der Waals surface area (Å²) in [4.78, 5) is 10.6. The Balaban J connectivity index is 2.75. The third-order valence-electron chi connectivity index (χ3n) is 2.11. The molecule has 0 bridgehead atoms. The minimum atomic E-state index is -3.78. The monoisotopic (exact) mass is 271 g/mol. The minimum Gasteiger partial charge on any atom is -0.480 e. The summed E-state index contributed by atoms with van der Waals surface area (Å²) in [6, 6.07) is 4.96. The molecule has 0 aliphatic heterocycles. The van der Waals surface area contributed by atoms with Crippen molar-refractivity contribution in [1.82, 2.24) is 0 Å². The molecule has 1 aromatic carbocycles. The zero-order valence-electron chi connectivity index (χ0n) is 9.44. The van der Waals surface area contributed by atoms with Crippen LogP contribution in [0.4, 0.5) is 0 Å². The van der Waals surface area contributed by atoms with Crippen LogP contribution in [0.1, 0.15) is 5.56 Å². The van der Waals surface area contributed by atoms with E-state index in [1.807, 2.05) is 0 Å². The summed E-state index contributed by atoms with van der Waals surface area (Å²) in [5.74, 6) is -0.966. The lowest BCUT2D eigenvalue weighted by Crippen LogP contribution is -2.32. The molecule has 3 N–H and O–H groups in total. The second-order valence-corrected chi connectivity index (χ2v) is 5.02. The first-order chi connectivity index (χ1) is 8.34. The lowest BCUT2D eigenvalue weighted by molar-refractivity contribution is -0.138. The van der Waals surface area contributed by atoms with Crippen LogP contribution in [0.25, 0.3) is 0 Å². The second kappa shape index (κ2) is 5.65. The summed E-state index contributed by atoms with van der Waals surface area (Å²) >= 11 is 0. The highest BCUT2D eigenvalue weighted by Gasteiger charge is 2.12. The smallest absolute Gasteiger partial charge is 0.331 e. The molecule has 0 saturated heterocycles. The Morgan fingerprint density at radius 1 is 1.44 bits per heavy atom. The van der Waals surface area contributed by atoms with Gasteiger partial charge in [0, 0.05) is 0 Å². The Labute approximate surface area is 105 Å². The molecule has 0 radical (unpaired) electrons. The molecular formula is C11H13NO5S. The van der Waals surface area contributed by atoms with Gasteiger partial charge in [0.2, 0.25) is 0 Å². The zero-order chi connectivity index (χ0) is 13.8. The average molecular weight is 271 g/mol. The van der Waals surface area contributed by atoms with Crippen molar-refractivity contribution < 1.29 is 22.5 Å². The van der Waals surface area contributed by atoms with Crippen molar-refractivity contribution in [2.45, 2.75) is 12.5 Å². The van der Waals surface area contributed by atoms with E-state index in [2.05, 4.69) is 10.8 Å². The number of carboxylic acid groups (broad SMARTS) is 1. The van der Waals surface area contributed by atoms with Crippen molar-refractivity contribution in [3.63, 3.8) is 0 Å². The Morgan fingerprint density at radius 2 is 2.00 bits per heavy atom. The molecule has 7 heteroatoms. The van der Waals surface area contributed by atoms with Crippen LogP contribution in [0.3, 0.4) is 0 Å². The van der Waals surface area contributed by atoms with Gasteiger partial charge in [-0.05, 0) is 24.1 Å². The van der Waals surface area contributed by atoms with Gasteiger partial charge in [-0.15, -0.1) is 0 Å². The van der Waals surface area contributed by atoms with Gasteiger partial charge in [-0.25, -0.2) is 0 Å². The lowest BCUT2D eigenvalue weighted by Gasteiger charge is -2.07. The van der Waals surface area contributed by atoms with Crippen molar-refractivity contribution in [3.05, 3.63) is 41.8 Å². The van der Waals surface area contributed by atoms with E-state index in [1.165, 1.54) is 12.1 Å². The molecule has 1 atom stereocenters. The summed E-state index contributed by atoms with van der Waals surface area (Å²) in [7, 11) is -3.78. The van der Waals surface area contributed by atoms with Gasteiger partial charge in [0.05, 0.1) is 5.41 Å². The van der Waals surface area contributed by atoms with E-state index in [0.29, 0.717) is 11.0 Å². The predicted octanol–water partition coefficient (Wildman–Crippen LogP) is 0.493. The summed E-state index contributed by atoms with van der Waals surface area (Å²) in [5.41, 5.74) is 6.04. The van der Waals surface area contributed by atoms with Crippen LogP contribution in [0.2, 0.25) is 0 Å². The Morgan fingerprint density at radius 3 is 2.44 bits per heavy atom. The molecule has 98 valence electrons. The molecule has 0 fully saturated rings. The summed E-state index contributed by atoms with van der Waals surface area (Å²) in [6.45, 7) is 3.11. The summed E-state index contributed by atoms with van der Waals surface area (Å²) in [5, 5.41) is 9.34. The molecule has 0 amide bonds. The van der Waals surface area contributed by atoms with Gasteiger partial charge in [-0.2, -0.15) is 8.42 Å². The number of benzene rings is 1. The van der Waals surface area contributed by atoms with Crippen molar-refractivity contribution in [3.8, 4) is 5.75 Å². The number of nitrogens with two attached hydrogens (primary N) is 1. The number of carboxylic acids is 1. The molecule has 6 nitrogen and oxygen atoms in total. The van der Waals surface area contributed by atoms with Crippen LogP contribution < -0.4 is 9.92 Å². The normalized spacial score (nSPS) is 12.7. The highest BCUT2D eigenvalue weighted by atomic mass is 32.2. The van der Waals surface area contributed by atoms with Gasteiger partial charge < -0.3 is 15.0 Å². The first-order valence-electron chi connectivity index (χ1n) is 4.98. The third kappa shape index (κ3) is 4.19. The van der Waals surface area contributed by atoms with Crippen LogP contribution in [-0.2, 0) is 21.3 Å². The van der Waals surface area contributed by atoms with Crippen LogP contribution in [0.15, 0.2) is 36.3 Å². The predicted molar refractivity (Wildman–Crippen MR) is 65.5 cm³/mol. The van der Waals surface area contributed by atoms with Gasteiger partial charge in [0.15, 0.2) is 0 Å². The second-order valence-electron chi connectivity index (χ2n) is 3.54. The van der Waals surface area contributed by atoms with E-state index in [9.17, 15) is 13.2 Å². The SMILES string of the molecule is C=CS(=O)(=O)Oc1ccc(C[C@H](N)C(=O)O)cc1. The van der Waals surface area contributed by atoms with Crippen LogP contribution in [0.5, 0.6) is 5.75 Å². The molecule has 1 aromatic rings. The fraction of sp³-hybridized carbons (Fsp3) is 0.182. The molecule has 0 aliphatic rings. The number of aliphatic carboxylic acids is 1. The molecule has 0 heterocycles.